The molecule has 0 aliphatic rings. The van der Waals surface area contributed by atoms with E-state index in [4.69, 9.17) is 11.6 Å². The third-order valence-corrected chi connectivity index (χ3v) is 5.72. The number of sulfonamides is 1. The molecule has 0 saturated carbocycles. The fourth-order valence-electron chi connectivity index (χ4n) is 2.06. The van der Waals surface area contributed by atoms with Crippen LogP contribution in [0.1, 0.15) is 11.1 Å². The Morgan fingerprint density at radius 2 is 1.84 bits per heavy atom. The predicted octanol–water partition coefficient (Wildman–Crippen LogP) is 3.55. The van der Waals surface area contributed by atoms with E-state index in [0.29, 0.717) is 10.7 Å². The van der Waals surface area contributed by atoms with Crippen LogP contribution in [0, 0.1) is 6.92 Å². The van der Waals surface area contributed by atoms with Crippen LogP contribution in [0.15, 0.2) is 53.4 Å². The first-order valence-corrected chi connectivity index (χ1v) is 9.30. The summed E-state index contributed by atoms with van der Waals surface area (Å²) in [7, 11) is -0.650. The van der Waals surface area contributed by atoms with Gasteiger partial charge in [-0.1, -0.05) is 35.9 Å². The van der Waals surface area contributed by atoms with Gasteiger partial charge in [-0.15, -0.1) is 0 Å². The molecule has 0 aliphatic heterocycles. The van der Waals surface area contributed by atoms with E-state index >= 15 is 0 Å². The summed E-state index contributed by atoms with van der Waals surface area (Å²) < 4.78 is 25.6. The summed E-state index contributed by atoms with van der Waals surface area (Å²) in [4.78, 5) is 12.3. The third-order valence-electron chi connectivity index (χ3n) is 3.56. The van der Waals surface area contributed by atoms with Gasteiger partial charge in [-0.3, -0.25) is 4.79 Å². The number of anilines is 1. The Labute approximate surface area is 153 Å². The molecule has 2 aromatic rings. The summed E-state index contributed by atoms with van der Waals surface area (Å²) in [5.41, 5.74) is 1.92. The highest BCUT2D eigenvalue weighted by Crippen LogP contribution is 2.22. The molecule has 0 atom stereocenters. The first-order chi connectivity index (χ1) is 11.7. The van der Waals surface area contributed by atoms with Gasteiger partial charge in [0.05, 0.1) is 4.90 Å². The topological polar surface area (TPSA) is 66.5 Å². The fraction of sp³-hybridized carbons (Fsp3) is 0.167. The Balaban J connectivity index is 2.22. The molecule has 0 bridgehead atoms. The Morgan fingerprint density at radius 3 is 2.48 bits per heavy atom. The molecule has 132 valence electrons. The molecule has 1 N–H and O–H groups in total. The summed E-state index contributed by atoms with van der Waals surface area (Å²) in [5.74, 6) is -0.373. The van der Waals surface area contributed by atoms with Crippen molar-refractivity contribution in [2.24, 2.45) is 0 Å². The number of rotatable bonds is 5. The zero-order chi connectivity index (χ0) is 18.6. The maximum absolute atomic E-state index is 12.2. The molecule has 5 nitrogen and oxygen atoms in total. The van der Waals surface area contributed by atoms with E-state index in [1.54, 1.807) is 37.3 Å². The van der Waals surface area contributed by atoms with Gasteiger partial charge in [0.25, 0.3) is 0 Å². The summed E-state index contributed by atoms with van der Waals surface area (Å²) in [6, 6.07) is 11.8. The SMILES string of the molecule is Cc1ccc(S(=O)(=O)N(C)C)cc1NC(=O)/C=C/c1ccccc1Cl. The number of hydrogen-bond acceptors (Lipinski definition) is 3. The van der Waals surface area contributed by atoms with E-state index in [9.17, 15) is 13.2 Å². The summed E-state index contributed by atoms with van der Waals surface area (Å²) >= 11 is 6.04. The van der Waals surface area contributed by atoms with Crippen molar-refractivity contribution in [3.8, 4) is 0 Å². The largest absolute Gasteiger partial charge is 0.322 e. The lowest BCUT2D eigenvalue weighted by Crippen LogP contribution is -2.22. The molecule has 1 amide bonds. The second kappa shape index (κ2) is 7.82. The van der Waals surface area contributed by atoms with E-state index < -0.39 is 10.0 Å². The number of carbonyl (C=O) groups excluding carboxylic acids is 1. The van der Waals surface area contributed by atoms with Gasteiger partial charge in [-0.05, 0) is 42.3 Å². The van der Waals surface area contributed by atoms with Crippen LogP contribution in [0.3, 0.4) is 0 Å². The number of benzene rings is 2. The van der Waals surface area contributed by atoms with Crippen molar-refractivity contribution in [1.29, 1.82) is 0 Å². The van der Waals surface area contributed by atoms with Crippen LogP contribution in [0.4, 0.5) is 5.69 Å². The Morgan fingerprint density at radius 1 is 1.16 bits per heavy atom. The highest BCUT2D eigenvalue weighted by atomic mass is 35.5. The highest BCUT2D eigenvalue weighted by molar-refractivity contribution is 7.89. The molecule has 0 spiro atoms. The monoisotopic (exact) mass is 378 g/mol. The number of halogens is 1. The zero-order valence-corrected chi connectivity index (χ0v) is 15.7. The van der Waals surface area contributed by atoms with Crippen molar-refractivity contribution in [2.45, 2.75) is 11.8 Å². The molecule has 0 aromatic heterocycles. The standard InChI is InChI=1S/C18H19ClN2O3S/c1-13-8-10-15(25(23,24)21(2)3)12-17(13)20-18(22)11-9-14-6-4-5-7-16(14)19/h4-12H,1-3H3,(H,20,22)/b11-9+. The average molecular weight is 379 g/mol. The van der Waals surface area contributed by atoms with Gasteiger partial charge >= 0.3 is 0 Å². The predicted molar refractivity (Wildman–Crippen MR) is 101 cm³/mol. The molecule has 7 heteroatoms. The molecule has 0 radical (unpaired) electrons. The molecule has 0 aliphatic carbocycles. The fourth-order valence-corrected chi connectivity index (χ4v) is 3.18. The van der Waals surface area contributed by atoms with Gasteiger partial charge in [0.1, 0.15) is 0 Å². The van der Waals surface area contributed by atoms with E-state index in [-0.39, 0.29) is 10.8 Å². The molecule has 2 rings (SSSR count). The molecule has 25 heavy (non-hydrogen) atoms. The van der Waals surface area contributed by atoms with Crippen molar-refractivity contribution in [1.82, 2.24) is 4.31 Å². The van der Waals surface area contributed by atoms with Crippen LogP contribution in [0.25, 0.3) is 6.08 Å². The molecule has 0 heterocycles. The van der Waals surface area contributed by atoms with Crippen LogP contribution < -0.4 is 5.32 Å². The van der Waals surface area contributed by atoms with Crippen molar-refractivity contribution in [3.63, 3.8) is 0 Å². The van der Waals surface area contributed by atoms with Gasteiger partial charge in [0.15, 0.2) is 0 Å². The quantitative estimate of drug-likeness (QED) is 0.809. The normalized spacial score (nSPS) is 11.9. The Kier molecular flexibility index (Phi) is 6.00. The minimum absolute atomic E-state index is 0.119. The number of hydrogen-bond donors (Lipinski definition) is 1. The maximum Gasteiger partial charge on any atom is 0.248 e. The first-order valence-electron chi connectivity index (χ1n) is 7.48. The van der Waals surface area contributed by atoms with Crippen molar-refractivity contribution >= 4 is 39.3 Å². The van der Waals surface area contributed by atoms with Crippen LogP contribution in [-0.2, 0) is 14.8 Å². The summed E-state index contributed by atoms with van der Waals surface area (Å²) in [6.45, 7) is 1.79. The molecule has 0 saturated heterocycles. The maximum atomic E-state index is 12.2. The minimum atomic E-state index is -3.57. The number of aryl methyl sites for hydroxylation is 1. The van der Waals surface area contributed by atoms with Crippen LogP contribution >= 0.6 is 11.6 Å². The van der Waals surface area contributed by atoms with Crippen LogP contribution in [0.2, 0.25) is 5.02 Å². The van der Waals surface area contributed by atoms with Gasteiger partial charge in [-0.25, -0.2) is 12.7 Å². The van der Waals surface area contributed by atoms with Gasteiger partial charge in [0.2, 0.25) is 15.9 Å². The van der Waals surface area contributed by atoms with Crippen molar-refractivity contribution < 1.29 is 13.2 Å². The van der Waals surface area contributed by atoms with Crippen molar-refractivity contribution in [2.75, 3.05) is 19.4 Å². The van der Waals surface area contributed by atoms with E-state index in [1.807, 2.05) is 6.07 Å². The highest BCUT2D eigenvalue weighted by Gasteiger charge is 2.18. The van der Waals surface area contributed by atoms with E-state index in [2.05, 4.69) is 5.32 Å². The lowest BCUT2D eigenvalue weighted by molar-refractivity contribution is -0.111. The average Bonchev–Trinajstić information content (AvgIpc) is 2.55. The number of nitrogens with zero attached hydrogens (tertiary/aromatic N) is 1. The lowest BCUT2D eigenvalue weighted by Gasteiger charge is -2.14. The second-order valence-corrected chi connectivity index (χ2v) is 8.17. The third kappa shape index (κ3) is 4.69. The van der Waals surface area contributed by atoms with E-state index in [0.717, 1.165) is 15.4 Å². The van der Waals surface area contributed by atoms with Crippen molar-refractivity contribution in [3.05, 3.63) is 64.7 Å². The van der Waals surface area contributed by atoms with Gasteiger partial charge in [0, 0.05) is 30.9 Å². The van der Waals surface area contributed by atoms with Crippen LogP contribution in [0.5, 0.6) is 0 Å². The first kappa shape index (κ1) is 19.2. The smallest absolute Gasteiger partial charge is 0.248 e. The zero-order valence-electron chi connectivity index (χ0n) is 14.2. The van der Waals surface area contributed by atoms with Crippen LogP contribution in [-0.4, -0.2) is 32.7 Å². The second-order valence-electron chi connectivity index (χ2n) is 5.61. The van der Waals surface area contributed by atoms with E-state index in [1.165, 1.54) is 32.3 Å². The number of nitrogens with one attached hydrogen (secondary N) is 1. The lowest BCUT2D eigenvalue weighted by atomic mass is 10.2. The Hall–Kier alpha value is -2.15. The molecular formula is C18H19ClN2O3S. The molecule has 0 fully saturated rings. The van der Waals surface area contributed by atoms with Gasteiger partial charge < -0.3 is 5.32 Å². The summed E-state index contributed by atoms with van der Waals surface area (Å²) in [5, 5.41) is 3.24. The number of amides is 1. The minimum Gasteiger partial charge on any atom is -0.322 e. The summed E-state index contributed by atoms with van der Waals surface area (Å²) in [6.07, 6.45) is 2.96. The number of carbonyl (C=O) groups is 1. The van der Waals surface area contributed by atoms with Gasteiger partial charge in [-0.2, -0.15) is 0 Å². The molecule has 0 unspecified atom stereocenters. The molecular weight excluding hydrogens is 360 g/mol. The molecule has 2 aromatic carbocycles. The Bertz CT molecular complexity index is 922.